The summed E-state index contributed by atoms with van der Waals surface area (Å²) in [5.74, 6) is -3.57. The van der Waals surface area contributed by atoms with Gasteiger partial charge >= 0.3 is 31.7 Å². The molecular weight excluding hydrogens is 551 g/mol. The van der Waals surface area contributed by atoms with Gasteiger partial charge in [-0.3, -0.25) is 23.7 Å². The van der Waals surface area contributed by atoms with Crippen LogP contribution in [0.15, 0.2) is 60.7 Å². The van der Waals surface area contributed by atoms with Gasteiger partial charge in [0, 0.05) is 38.8 Å². The van der Waals surface area contributed by atoms with Gasteiger partial charge in [-0.2, -0.15) is 0 Å². The van der Waals surface area contributed by atoms with E-state index >= 15 is 0 Å². The Morgan fingerprint density at radius 3 is 1.52 bits per heavy atom. The summed E-state index contributed by atoms with van der Waals surface area (Å²) in [6.07, 6.45) is -8.99. The minimum atomic E-state index is -5.35. The van der Waals surface area contributed by atoms with Crippen molar-refractivity contribution in [2.45, 2.75) is 64.0 Å². The number of ether oxygens (including phenoxy) is 5. The van der Waals surface area contributed by atoms with E-state index in [9.17, 15) is 33.5 Å². The summed E-state index contributed by atoms with van der Waals surface area (Å²) in [7, 11) is -5.35. The number of rotatable bonds is 9. The van der Waals surface area contributed by atoms with Gasteiger partial charge in [0.15, 0.2) is 23.9 Å². The average Bonchev–Trinajstić information content (AvgIpc) is 2.85. The summed E-state index contributed by atoms with van der Waals surface area (Å²) in [5, 5.41) is 0. The predicted molar refractivity (Wildman–Crippen MR) is 134 cm³/mol. The highest BCUT2D eigenvalue weighted by Gasteiger charge is 2.62. The normalized spacial score (nSPS) is 23.0. The van der Waals surface area contributed by atoms with Crippen LogP contribution in [0.1, 0.15) is 38.8 Å². The third-order valence-electron chi connectivity index (χ3n) is 5.75. The topological polar surface area (TPSA) is 181 Å². The van der Waals surface area contributed by atoms with Gasteiger partial charge in [0.05, 0.1) is 0 Å². The monoisotopic (exact) mass is 580 g/mol. The van der Waals surface area contributed by atoms with E-state index in [-0.39, 0.29) is 0 Å². The van der Waals surface area contributed by atoms with E-state index in [2.05, 4.69) is 0 Å². The zero-order valence-electron chi connectivity index (χ0n) is 22.0. The van der Waals surface area contributed by atoms with E-state index in [1.54, 1.807) is 60.7 Å². The minimum Gasteiger partial charge on any atom is -0.455 e. The van der Waals surface area contributed by atoms with Crippen molar-refractivity contribution in [1.82, 2.24) is 0 Å². The Morgan fingerprint density at radius 1 is 0.700 bits per heavy atom. The molecule has 1 aliphatic rings. The van der Waals surface area contributed by atoms with Gasteiger partial charge in [0.1, 0.15) is 6.10 Å². The molecule has 0 amide bonds. The van der Waals surface area contributed by atoms with Crippen LogP contribution in [0.25, 0.3) is 0 Å². The van der Waals surface area contributed by atoms with Gasteiger partial charge in [-0.05, 0) is 0 Å². The quantitative estimate of drug-likeness (QED) is 0.250. The number of phosphoric acid groups is 1. The molecule has 0 aliphatic carbocycles. The number of esters is 4. The number of hydrogen-bond acceptors (Lipinski definition) is 11. The number of phosphoric ester groups is 1. The fraction of sp³-hybridized carbons (Fsp3) is 0.385. The summed E-state index contributed by atoms with van der Waals surface area (Å²) < 4.78 is 45.0. The van der Waals surface area contributed by atoms with E-state index in [1.807, 2.05) is 0 Å². The molecule has 13 nitrogen and oxygen atoms in total. The summed E-state index contributed by atoms with van der Waals surface area (Å²) in [6, 6.07) is 16.3. The minimum absolute atomic E-state index is 0.293. The number of hydrogen-bond donors (Lipinski definition) is 2. The molecule has 0 unspecified atom stereocenters. The second-order valence-corrected chi connectivity index (χ2v) is 10.00. The highest BCUT2D eigenvalue weighted by molar-refractivity contribution is 7.46. The van der Waals surface area contributed by atoms with E-state index in [0.29, 0.717) is 11.1 Å². The van der Waals surface area contributed by atoms with Crippen molar-refractivity contribution < 1.29 is 61.7 Å². The van der Waals surface area contributed by atoms with Gasteiger partial charge in [-0.1, -0.05) is 60.7 Å². The van der Waals surface area contributed by atoms with E-state index < -0.39 is 68.0 Å². The van der Waals surface area contributed by atoms with Crippen LogP contribution in [0, 0.1) is 0 Å². The van der Waals surface area contributed by atoms with Gasteiger partial charge in [0.25, 0.3) is 0 Å². The lowest BCUT2D eigenvalue weighted by molar-refractivity contribution is -0.311. The van der Waals surface area contributed by atoms with Crippen LogP contribution in [0.5, 0.6) is 0 Å². The molecule has 0 spiro atoms. The maximum absolute atomic E-state index is 12.7. The van der Waals surface area contributed by atoms with Crippen LogP contribution in [-0.2, 0) is 57.6 Å². The molecule has 2 aromatic carbocycles. The highest BCUT2D eigenvalue weighted by atomic mass is 31.2. The smallest absolute Gasteiger partial charge is 0.455 e. The molecular formula is C26H29O13P. The average molecular weight is 580 g/mol. The molecule has 14 heteroatoms. The van der Waals surface area contributed by atoms with Crippen molar-refractivity contribution in [1.29, 1.82) is 0 Å². The van der Waals surface area contributed by atoms with Crippen molar-refractivity contribution in [3.05, 3.63) is 71.8 Å². The molecule has 1 heterocycles. The first-order chi connectivity index (χ1) is 18.7. The van der Waals surface area contributed by atoms with Crippen LogP contribution in [0.2, 0.25) is 0 Å². The lowest BCUT2D eigenvalue weighted by atomic mass is 9.76. The molecule has 3 rings (SSSR count). The number of benzene rings is 2. The predicted octanol–water partition coefficient (Wildman–Crippen LogP) is 2.12. The van der Waals surface area contributed by atoms with Crippen molar-refractivity contribution >= 4 is 31.7 Å². The van der Waals surface area contributed by atoms with Crippen molar-refractivity contribution in [2.24, 2.45) is 0 Å². The standard InChI is InChI=1S/C26H29O13P/c1-15(27)34-21-22(35-16(2)28)24(37-25(39-40(31,32)33)23(21)36-17(3)29)26(38-18(4)30,19-11-7-5-8-12-19)20-13-9-6-10-14-20/h5-14,21-25H,1-4H3,(H2,31,32,33)/t21-,22-,23-,24-,25-/m0/s1. The zero-order chi connectivity index (χ0) is 29.7. The fourth-order valence-electron chi connectivity index (χ4n) is 4.59. The molecule has 2 aromatic rings. The summed E-state index contributed by atoms with van der Waals surface area (Å²) in [4.78, 5) is 68.6. The van der Waals surface area contributed by atoms with Crippen LogP contribution < -0.4 is 0 Å². The molecule has 216 valence electrons. The fourth-order valence-corrected chi connectivity index (χ4v) is 5.03. The molecule has 2 N–H and O–H groups in total. The summed E-state index contributed by atoms with van der Waals surface area (Å²) in [5.41, 5.74) is -1.40. The summed E-state index contributed by atoms with van der Waals surface area (Å²) >= 11 is 0. The first-order valence-corrected chi connectivity index (χ1v) is 13.5. The third-order valence-corrected chi connectivity index (χ3v) is 6.24. The molecule has 0 aromatic heterocycles. The maximum Gasteiger partial charge on any atom is 0.472 e. The molecule has 1 fully saturated rings. The van der Waals surface area contributed by atoms with Crippen molar-refractivity contribution in [2.75, 3.05) is 0 Å². The number of carbonyl (C=O) groups is 4. The Labute approximate surface area is 229 Å². The Hall–Kier alpha value is -3.61. The van der Waals surface area contributed by atoms with Gasteiger partial charge in [0.2, 0.25) is 6.29 Å². The summed E-state index contributed by atoms with van der Waals surface area (Å²) in [6.45, 7) is 4.19. The van der Waals surface area contributed by atoms with Crippen LogP contribution in [-0.4, -0.2) is 64.4 Å². The highest BCUT2D eigenvalue weighted by Crippen LogP contribution is 2.48. The SMILES string of the molecule is CC(=O)O[C@@H]1[C@H](OC(C)=O)[C@H](OP(=O)(O)O)O[C@H](C(OC(C)=O)(c2ccccc2)c2ccccc2)[C@H]1OC(C)=O. The van der Waals surface area contributed by atoms with Gasteiger partial charge in [-0.15, -0.1) is 0 Å². The molecule has 0 saturated carbocycles. The number of carbonyl (C=O) groups excluding carboxylic acids is 4. The van der Waals surface area contributed by atoms with Gasteiger partial charge in [-0.25, -0.2) is 4.57 Å². The molecule has 5 atom stereocenters. The first-order valence-electron chi connectivity index (χ1n) is 12.0. The lowest BCUT2D eigenvalue weighted by Gasteiger charge is -2.50. The molecule has 1 aliphatic heterocycles. The third kappa shape index (κ3) is 7.32. The van der Waals surface area contributed by atoms with Crippen LogP contribution in [0.3, 0.4) is 0 Å². The van der Waals surface area contributed by atoms with Gasteiger partial charge < -0.3 is 33.5 Å². The maximum atomic E-state index is 12.7. The van der Waals surface area contributed by atoms with E-state index in [1.165, 1.54) is 0 Å². The lowest BCUT2D eigenvalue weighted by Crippen LogP contribution is -2.67. The molecule has 1 saturated heterocycles. The Kier molecular flexibility index (Phi) is 9.82. The Balaban J connectivity index is 2.40. The van der Waals surface area contributed by atoms with Crippen LogP contribution in [0.4, 0.5) is 0 Å². The van der Waals surface area contributed by atoms with Crippen molar-refractivity contribution in [3.63, 3.8) is 0 Å². The van der Waals surface area contributed by atoms with E-state index in [4.69, 9.17) is 28.2 Å². The first kappa shape index (κ1) is 30.9. The Morgan fingerprint density at radius 2 is 1.12 bits per heavy atom. The molecule has 0 bridgehead atoms. The second kappa shape index (κ2) is 12.7. The second-order valence-electron chi connectivity index (χ2n) is 8.80. The van der Waals surface area contributed by atoms with Crippen molar-refractivity contribution in [3.8, 4) is 0 Å². The zero-order valence-corrected chi connectivity index (χ0v) is 22.9. The van der Waals surface area contributed by atoms with E-state index in [0.717, 1.165) is 27.7 Å². The molecule has 40 heavy (non-hydrogen) atoms. The van der Waals surface area contributed by atoms with Crippen LogP contribution >= 0.6 is 7.82 Å². The largest absolute Gasteiger partial charge is 0.472 e. The Bertz CT molecular complexity index is 1220. The molecule has 0 radical (unpaired) electrons.